The van der Waals surface area contributed by atoms with Gasteiger partial charge in [0.25, 0.3) is 0 Å². The first-order valence-electron chi connectivity index (χ1n) is 16.0. The Morgan fingerprint density at radius 1 is 0.633 bits per heavy atom. The summed E-state index contributed by atoms with van der Waals surface area (Å²) in [6, 6.07) is 10.8. The van der Waals surface area contributed by atoms with Crippen molar-refractivity contribution >= 4 is 41.4 Å². The van der Waals surface area contributed by atoms with Crippen LogP contribution in [0.5, 0.6) is 0 Å². The number of hydrogen-bond donors (Lipinski definition) is 8. The second-order valence-corrected chi connectivity index (χ2v) is 11.9. The van der Waals surface area contributed by atoms with Crippen LogP contribution in [0.3, 0.4) is 0 Å². The van der Waals surface area contributed by atoms with Gasteiger partial charge in [0.15, 0.2) is 0 Å². The molecule has 0 saturated heterocycles. The fourth-order valence-electron chi connectivity index (χ4n) is 4.72. The third-order valence-electron chi connectivity index (χ3n) is 7.87. The maximum atomic E-state index is 13.6. The van der Waals surface area contributed by atoms with E-state index in [0.717, 1.165) is 5.56 Å². The molecule has 0 saturated carbocycles. The van der Waals surface area contributed by atoms with Crippen LogP contribution in [-0.2, 0) is 46.4 Å². The summed E-state index contributed by atoms with van der Waals surface area (Å²) in [7, 11) is 0. The second kappa shape index (κ2) is 19.5. The predicted molar refractivity (Wildman–Crippen MR) is 180 cm³/mol. The highest BCUT2D eigenvalue weighted by Gasteiger charge is 2.33. The SMILES string of the molecule is CC[C@H](C)[C@H](NC(=O)[C@H](Cc1ccccc1)NC(=O)[C@H](C)NC(=O)[C@H](C)NC(=O)[C@@H](N)Cc1ccccc1)C(=O)N[C@@H](CC(N)=O)C(=O)O. The van der Waals surface area contributed by atoms with Gasteiger partial charge >= 0.3 is 5.97 Å². The zero-order valence-corrected chi connectivity index (χ0v) is 28.1. The third-order valence-corrected chi connectivity index (χ3v) is 7.87. The van der Waals surface area contributed by atoms with Gasteiger partial charge < -0.3 is 43.2 Å². The van der Waals surface area contributed by atoms with Gasteiger partial charge in [-0.15, -0.1) is 0 Å². The molecule has 6 amide bonds. The number of primary amides is 1. The topological polar surface area (TPSA) is 252 Å². The summed E-state index contributed by atoms with van der Waals surface area (Å²) < 4.78 is 0. The van der Waals surface area contributed by atoms with Crippen molar-refractivity contribution in [3.8, 4) is 0 Å². The smallest absolute Gasteiger partial charge is 0.326 e. The van der Waals surface area contributed by atoms with Crippen LogP contribution in [-0.4, -0.2) is 82.8 Å². The first kappa shape index (κ1) is 39.9. The molecule has 0 aromatic heterocycles. The number of carboxylic acids is 1. The number of hydrogen-bond acceptors (Lipinski definition) is 8. The summed E-state index contributed by atoms with van der Waals surface area (Å²) in [4.78, 5) is 88.5. The largest absolute Gasteiger partial charge is 0.480 e. The lowest BCUT2D eigenvalue weighted by Gasteiger charge is -2.28. The van der Waals surface area contributed by atoms with Crippen molar-refractivity contribution in [3.63, 3.8) is 0 Å². The van der Waals surface area contributed by atoms with Gasteiger partial charge in [0.2, 0.25) is 35.4 Å². The molecular formula is C34H47N7O8. The highest BCUT2D eigenvalue weighted by molar-refractivity contribution is 5.96. The standard InChI is InChI=1S/C34H47N7O8/c1-5-19(2)28(33(47)40-26(34(48)49)18-27(36)42)41-32(46)25(17-23-14-10-7-11-15-23)39-30(44)21(4)37-29(43)20(3)38-31(45)24(35)16-22-12-8-6-9-13-22/h6-15,19-21,24-26,28H,5,16-18,35H2,1-4H3,(H2,36,42)(H,37,43)(H,38,45)(H,39,44)(H,40,47)(H,41,46)(H,48,49)/t19-,20-,21-,24-,25-,26-,28-/m0/s1. The van der Waals surface area contributed by atoms with Gasteiger partial charge in [0.05, 0.1) is 12.5 Å². The van der Waals surface area contributed by atoms with Crippen LogP contribution in [0, 0.1) is 5.92 Å². The van der Waals surface area contributed by atoms with Gasteiger partial charge in [0.1, 0.15) is 30.2 Å². The predicted octanol–water partition coefficient (Wildman–Crippen LogP) is -0.731. The molecule has 2 rings (SSSR count). The number of carboxylic acid groups (broad SMARTS) is 1. The number of amides is 6. The van der Waals surface area contributed by atoms with E-state index in [1.54, 1.807) is 44.2 Å². The van der Waals surface area contributed by atoms with E-state index in [9.17, 15) is 38.7 Å². The normalized spacial score (nSPS) is 15.1. The lowest BCUT2D eigenvalue weighted by molar-refractivity contribution is -0.144. The Balaban J connectivity index is 2.13. The fraction of sp³-hybridized carbons (Fsp3) is 0.441. The van der Waals surface area contributed by atoms with Crippen LogP contribution in [0.1, 0.15) is 51.7 Å². The summed E-state index contributed by atoms with van der Waals surface area (Å²) in [5.74, 6) is -6.41. The van der Waals surface area contributed by atoms with Crippen molar-refractivity contribution < 1.29 is 38.7 Å². The molecule has 0 spiro atoms. The molecule has 0 aliphatic carbocycles. The molecule has 15 heteroatoms. The molecule has 0 aliphatic heterocycles. The van der Waals surface area contributed by atoms with E-state index in [1.807, 2.05) is 30.3 Å². The van der Waals surface area contributed by atoms with Gasteiger partial charge in [-0.05, 0) is 37.3 Å². The Kier molecular flexibility index (Phi) is 15.9. The van der Waals surface area contributed by atoms with E-state index in [0.29, 0.717) is 12.0 Å². The van der Waals surface area contributed by atoms with E-state index in [4.69, 9.17) is 11.5 Å². The zero-order valence-electron chi connectivity index (χ0n) is 28.1. The molecular weight excluding hydrogens is 634 g/mol. The van der Waals surface area contributed by atoms with Crippen molar-refractivity contribution in [3.05, 3.63) is 71.8 Å². The molecule has 0 unspecified atom stereocenters. The number of rotatable bonds is 19. The molecule has 0 heterocycles. The Hall–Kier alpha value is -5.31. The minimum Gasteiger partial charge on any atom is -0.480 e. The number of nitrogens with two attached hydrogens (primary N) is 2. The van der Waals surface area contributed by atoms with E-state index < -0.39 is 90.0 Å². The molecule has 266 valence electrons. The van der Waals surface area contributed by atoms with Crippen LogP contribution in [0.15, 0.2) is 60.7 Å². The summed E-state index contributed by atoms with van der Waals surface area (Å²) in [5.41, 5.74) is 12.7. The number of aliphatic carboxylic acids is 1. The minimum absolute atomic E-state index is 0.0130. The molecule has 2 aromatic carbocycles. The number of carbonyl (C=O) groups is 7. The lowest BCUT2D eigenvalue weighted by Crippen LogP contribution is -2.60. The van der Waals surface area contributed by atoms with Crippen molar-refractivity contribution in [1.82, 2.24) is 26.6 Å². The summed E-state index contributed by atoms with van der Waals surface area (Å²) in [6.45, 7) is 6.28. The number of benzene rings is 2. The fourth-order valence-corrected chi connectivity index (χ4v) is 4.72. The molecule has 7 atom stereocenters. The first-order chi connectivity index (χ1) is 23.1. The van der Waals surface area contributed by atoms with Crippen molar-refractivity contribution in [2.75, 3.05) is 0 Å². The average molecular weight is 682 g/mol. The highest BCUT2D eigenvalue weighted by atomic mass is 16.4. The van der Waals surface area contributed by atoms with Crippen LogP contribution in [0.4, 0.5) is 0 Å². The maximum absolute atomic E-state index is 13.6. The molecule has 0 aliphatic rings. The molecule has 2 aromatic rings. The third kappa shape index (κ3) is 13.4. The van der Waals surface area contributed by atoms with Gasteiger partial charge in [0, 0.05) is 6.42 Å². The van der Waals surface area contributed by atoms with E-state index in [2.05, 4.69) is 26.6 Å². The van der Waals surface area contributed by atoms with Crippen LogP contribution >= 0.6 is 0 Å². The Morgan fingerprint density at radius 2 is 1.10 bits per heavy atom. The van der Waals surface area contributed by atoms with Gasteiger partial charge in [-0.2, -0.15) is 0 Å². The van der Waals surface area contributed by atoms with Gasteiger partial charge in [-0.25, -0.2) is 4.79 Å². The number of carbonyl (C=O) groups excluding carboxylic acids is 6. The van der Waals surface area contributed by atoms with Gasteiger partial charge in [-0.1, -0.05) is 80.9 Å². The van der Waals surface area contributed by atoms with E-state index >= 15 is 0 Å². The second-order valence-electron chi connectivity index (χ2n) is 11.9. The van der Waals surface area contributed by atoms with Crippen molar-refractivity contribution in [1.29, 1.82) is 0 Å². The molecule has 0 fully saturated rings. The molecule has 0 radical (unpaired) electrons. The lowest BCUT2D eigenvalue weighted by atomic mass is 9.96. The molecule has 49 heavy (non-hydrogen) atoms. The van der Waals surface area contributed by atoms with Gasteiger partial charge in [-0.3, -0.25) is 28.8 Å². The van der Waals surface area contributed by atoms with Crippen molar-refractivity contribution in [2.24, 2.45) is 17.4 Å². The van der Waals surface area contributed by atoms with Crippen LogP contribution in [0.25, 0.3) is 0 Å². The highest BCUT2D eigenvalue weighted by Crippen LogP contribution is 2.11. The number of nitrogens with one attached hydrogen (secondary N) is 5. The quantitative estimate of drug-likeness (QED) is 0.0929. The summed E-state index contributed by atoms with van der Waals surface area (Å²) in [6.07, 6.45) is 0.0365. The maximum Gasteiger partial charge on any atom is 0.326 e. The minimum atomic E-state index is -1.61. The van der Waals surface area contributed by atoms with Crippen LogP contribution in [0.2, 0.25) is 0 Å². The summed E-state index contributed by atoms with van der Waals surface area (Å²) in [5, 5.41) is 22.0. The molecule has 15 nitrogen and oxygen atoms in total. The Morgan fingerprint density at radius 3 is 1.59 bits per heavy atom. The molecule has 0 bridgehead atoms. The zero-order chi connectivity index (χ0) is 36.7. The summed E-state index contributed by atoms with van der Waals surface area (Å²) >= 11 is 0. The Labute approximate surface area is 285 Å². The van der Waals surface area contributed by atoms with Crippen molar-refractivity contribution in [2.45, 2.75) is 89.6 Å². The van der Waals surface area contributed by atoms with Crippen LogP contribution < -0.4 is 38.1 Å². The monoisotopic (exact) mass is 681 g/mol. The Bertz CT molecular complexity index is 1460. The first-order valence-corrected chi connectivity index (χ1v) is 16.0. The molecule has 10 N–H and O–H groups in total. The van der Waals surface area contributed by atoms with E-state index in [-0.39, 0.29) is 12.8 Å². The average Bonchev–Trinajstić information content (AvgIpc) is 3.06. The van der Waals surface area contributed by atoms with E-state index in [1.165, 1.54) is 13.8 Å².